The minimum absolute atomic E-state index is 0.328. The lowest BCUT2D eigenvalue weighted by Crippen LogP contribution is -2.42. The quantitative estimate of drug-likeness (QED) is 0.746. The van der Waals surface area contributed by atoms with Crippen LogP contribution in [-0.2, 0) is 16.1 Å². The lowest BCUT2D eigenvalue weighted by atomic mass is 10.1. The average Bonchev–Trinajstić information content (AvgIpc) is 2.47. The van der Waals surface area contributed by atoms with Gasteiger partial charge in [0.1, 0.15) is 23.9 Å². The number of carbonyl (C=O) groups is 1. The van der Waals surface area contributed by atoms with E-state index in [0.717, 1.165) is 29.9 Å². The van der Waals surface area contributed by atoms with Crippen LogP contribution in [0.4, 0.5) is 0 Å². The van der Waals surface area contributed by atoms with Crippen LogP contribution >= 0.6 is 0 Å². The lowest BCUT2D eigenvalue weighted by molar-refractivity contribution is -0.123. The van der Waals surface area contributed by atoms with Crippen molar-refractivity contribution >= 4 is 6.29 Å². The molecule has 1 aliphatic rings. The van der Waals surface area contributed by atoms with Crippen molar-refractivity contribution in [1.82, 2.24) is 4.90 Å². The number of morpholine rings is 1. The van der Waals surface area contributed by atoms with Crippen molar-refractivity contribution in [2.75, 3.05) is 33.9 Å². The Labute approximate surface area is 113 Å². The summed E-state index contributed by atoms with van der Waals surface area (Å²) < 4.78 is 15.9. The van der Waals surface area contributed by atoms with Crippen LogP contribution in [0, 0.1) is 0 Å². The molecule has 1 fully saturated rings. The van der Waals surface area contributed by atoms with Gasteiger partial charge < -0.3 is 19.0 Å². The maximum absolute atomic E-state index is 10.8. The second-order valence-corrected chi connectivity index (χ2v) is 4.46. The average molecular weight is 265 g/mol. The minimum Gasteiger partial charge on any atom is -0.497 e. The van der Waals surface area contributed by atoms with Crippen molar-refractivity contribution in [3.63, 3.8) is 0 Å². The van der Waals surface area contributed by atoms with Gasteiger partial charge in [0.2, 0.25) is 0 Å². The molecule has 0 bridgehead atoms. The normalized spacial score (nSPS) is 20.0. The Morgan fingerprint density at radius 1 is 1.42 bits per heavy atom. The van der Waals surface area contributed by atoms with Crippen molar-refractivity contribution < 1.29 is 19.0 Å². The Morgan fingerprint density at radius 3 is 2.95 bits per heavy atom. The summed E-state index contributed by atoms with van der Waals surface area (Å²) in [5, 5.41) is 0. The third-order valence-corrected chi connectivity index (χ3v) is 3.21. The van der Waals surface area contributed by atoms with Gasteiger partial charge in [0.05, 0.1) is 20.8 Å². The molecule has 1 heterocycles. The molecule has 1 aromatic rings. The fourth-order valence-corrected chi connectivity index (χ4v) is 2.20. The van der Waals surface area contributed by atoms with Crippen LogP contribution in [0.25, 0.3) is 0 Å². The molecule has 0 aliphatic carbocycles. The zero-order valence-electron chi connectivity index (χ0n) is 11.3. The van der Waals surface area contributed by atoms with Gasteiger partial charge in [0.15, 0.2) is 0 Å². The molecular formula is C14H19NO4. The molecule has 0 aromatic heterocycles. The van der Waals surface area contributed by atoms with Gasteiger partial charge in [-0.05, 0) is 18.2 Å². The van der Waals surface area contributed by atoms with E-state index in [1.54, 1.807) is 14.2 Å². The molecule has 19 heavy (non-hydrogen) atoms. The zero-order chi connectivity index (χ0) is 13.7. The largest absolute Gasteiger partial charge is 0.497 e. The van der Waals surface area contributed by atoms with Gasteiger partial charge in [0.25, 0.3) is 0 Å². The molecule has 5 nitrogen and oxygen atoms in total. The highest BCUT2D eigenvalue weighted by Crippen LogP contribution is 2.25. The molecule has 0 spiro atoms. The van der Waals surface area contributed by atoms with Crippen molar-refractivity contribution in [1.29, 1.82) is 0 Å². The molecule has 5 heteroatoms. The van der Waals surface area contributed by atoms with Crippen LogP contribution in [-0.4, -0.2) is 51.2 Å². The highest BCUT2D eigenvalue weighted by atomic mass is 16.5. The topological polar surface area (TPSA) is 48.0 Å². The van der Waals surface area contributed by atoms with E-state index in [1.165, 1.54) is 0 Å². The smallest absolute Gasteiger partial charge is 0.150 e. The maximum atomic E-state index is 10.8. The van der Waals surface area contributed by atoms with Gasteiger partial charge in [-0.1, -0.05) is 0 Å². The summed E-state index contributed by atoms with van der Waals surface area (Å²) in [5.41, 5.74) is 1.05. The van der Waals surface area contributed by atoms with E-state index in [2.05, 4.69) is 4.90 Å². The second kappa shape index (κ2) is 6.54. The molecular weight excluding hydrogens is 246 g/mol. The molecule has 1 saturated heterocycles. The molecule has 0 amide bonds. The summed E-state index contributed by atoms with van der Waals surface area (Å²) in [6, 6.07) is 5.73. The first-order chi connectivity index (χ1) is 9.26. The van der Waals surface area contributed by atoms with E-state index >= 15 is 0 Å². The highest BCUT2D eigenvalue weighted by Gasteiger charge is 2.20. The van der Waals surface area contributed by atoms with Crippen LogP contribution in [0.1, 0.15) is 5.56 Å². The fourth-order valence-electron chi connectivity index (χ4n) is 2.20. The summed E-state index contributed by atoms with van der Waals surface area (Å²) in [4.78, 5) is 13.0. The standard InChI is InChI=1S/C14H19NO4/c1-17-12-3-4-14(18-2)11(7-12)8-15-5-6-19-13(9-15)10-16/h3-4,7,10,13H,5-6,8-9H2,1-2H3. The number of rotatable bonds is 5. The van der Waals surface area contributed by atoms with Crippen molar-refractivity contribution in [2.45, 2.75) is 12.6 Å². The van der Waals surface area contributed by atoms with Crippen molar-refractivity contribution in [3.05, 3.63) is 23.8 Å². The van der Waals surface area contributed by atoms with Crippen LogP contribution in [0.2, 0.25) is 0 Å². The molecule has 104 valence electrons. The van der Waals surface area contributed by atoms with Crippen molar-refractivity contribution in [3.8, 4) is 11.5 Å². The van der Waals surface area contributed by atoms with E-state index in [4.69, 9.17) is 14.2 Å². The van der Waals surface area contributed by atoms with E-state index in [-0.39, 0.29) is 6.10 Å². The highest BCUT2D eigenvalue weighted by molar-refractivity contribution is 5.56. The van der Waals surface area contributed by atoms with E-state index in [1.807, 2.05) is 18.2 Å². The lowest BCUT2D eigenvalue weighted by Gasteiger charge is -2.30. The van der Waals surface area contributed by atoms with Gasteiger partial charge in [-0.15, -0.1) is 0 Å². The number of hydrogen-bond acceptors (Lipinski definition) is 5. The number of hydrogen-bond donors (Lipinski definition) is 0. The number of carbonyl (C=O) groups excluding carboxylic acids is 1. The molecule has 1 aliphatic heterocycles. The number of nitrogens with zero attached hydrogens (tertiary/aromatic N) is 1. The van der Waals surface area contributed by atoms with E-state index in [9.17, 15) is 4.79 Å². The maximum Gasteiger partial charge on any atom is 0.150 e. The first-order valence-corrected chi connectivity index (χ1v) is 6.27. The number of ether oxygens (including phenoxy) is 3. The number of benzene rings is 1. The Balaban J connectivity index is 2.10. The third kappa shape index (κ3) is 3.45. The first kappa shape index (κ1) is 13.8. The fraction of sp³-hybridized carbons (Fsp3) is 0.500. The molecule has 1 aromatic carbocycles. The van der Waals surface area contributed by atoms with Crippen LogP contribution in [0.3, 0.4) is 0 Å². The molecule has 1 atom stereocenters. The zero-order valence-corrected chi connectivity index (χ0v) is 11.3. The summed E-state index contributed by atoms with van der Waals surface area (Å²) in [6.45, 7) is 2.72. The number of methoxy groups -OCH3 is 2. The van der Waals surface area contributed by atoms with Gasteiger partial charge in [-0.3, -0.25) is 4.90 Å². The summed E-state index contributed by atoms with van der Waals surface area (Å²) in [6.07, 6.45) is 0.528. The SMILES string of the molecule is COc1ccc(OC)c(CN2CCOC(C=O)C2)c1. The van der Waals surface area contributed by atoms with Crippen molar-refractivity contribution in [2.24, 2.45) is 0 Å². The third-order valence-electron chi connectivity index (χ3n) is 3.21. The Morgan fingerprint density at radius 2 is 2.26 bits per heavy atom. The summed E-state index contributed by atoms with van der Waals surface area (Å²) in [5.74, 6) is 1.63. The van der Waals surface area contributed by atoms with E-state index < -0.39 is 0 Å². The molecule has 0 saturated carbocycles. The Bertz CT molecular complexity index is 435. The first-order valence-electron chi connectivity index (χ1n) is 6.27. The van der Waals surface area contributed by atoms with E-state index in [0.29, 0.717) is 19.7 Å². The number of aldehydes is 1. The second-order valence-electron chi connectivity index (χ2n) is 4.46. The predicted octanol–water partition coefficient (Wildman–Crippen LogP) is 1.10. The van der Waals surface area contributed by atoms with Gasteiger partial charge >= 0.3 is 0 Å². The van der Waals surface area contributed by atoms with Crippen LogP contribution < -0.4 is 9.47 Å². The van der Waals surface area contributed by atoms with Crippen LogP contribution in [0.5, 0.6) is 11.5 Å². The molecule has 0 radical (unpaired) electrons. The van der Waals surface area contributed by atoms with Gasteiger partial charge in [0, 0.05) is 25.2 Å². The van der Waals surface area contributed by atoms with Gasteiger partial charge in [-0.2, -0.15) is 0 Å². The minimum atomic E-state index is -0.328. The molecule has 2 rings (SSSR count). The Hall–Kier alpha value is -1.59. The molecule has 0 N–H and O–H groups in total. The summed E-state index contributed by atoms with van der Waals surface area (Å²) >= 11 is 0. The summed E-state index contributed by atoms with van der Waals surface area (Å²) in [7, 11) is 3.29. The predicted molar refractivity (Wildman–Crippen MR) is 70.6 cm³/mol. The Kier molecular flexibility index (Phi) is 4.76. The van der Waals surface area contributed by atoms with Gasteiger partial charge in [-0.25, -0.2) is 0 Å². The molecule has 1 unspecified atom stereocenters. The monoisotopic (exact) mass is 265 g/mol. The van der Waals surface area contributed by atoms with Crippen LogP contribution in [0.15, 0.2) is 18.2 Å².